The number of nitrogens with zero attached hydrogens (tertiary/aromatic N) is 2. The molecule has 0 N–H and O–H groups in total. The van der Waals surface area contributed by atoms with Crippen LogP contribution in [0.3, 0.4) is 0 Å². The van der Waals surface area contributed by atoms with Crippen molar-refractivity contribution in [2.75, 3.05) is 0 Å². The van der Waals surface area contributed by atoms with Crippen molar-refractivity contribution in [2.24, 2.45) is 7.05 Å². The molecule has 26 heavy (non-hydrogen) atoms. The summed E-state index contributed by atoms with van der Waals surface area (Å²) in [6.45, 7) is 3.81. The second kappa shape index (κ2) is 6.75. The number of hydrogen-bond donors (Lipinski definition) is 0. The predicted molar refractivity (Wildman–Crippen MR) is 98.1 cm³/mol. The number of aromatic nitrogens is 2. The molecule has 0 bridgehead atoms. The number of thiophene rings is 1. The Bertz CT molecular complexity index is 1150. The molecule has 1 aromatic carbocycles. The van der Waals surface area contributed by atoms with Gasteiger partial charge in [-0.15, -0.1) is 11.3 Å². The van der Waals surface area contributed by atoms with Gasteiger partial charge in [-0.2, -0.15) is 8.78 Å². The molecule has 2 heterocycles. The highest BCUT2D eigenvalue weighted by Gasteiger charge is 2.26. The highest BCUT2D eigenvalue weighted by molar-refractivity contribution is 7.99. The standard InChI is InChI=1S/C16H14F2N2O3S3/c1-8-9(2)24-13-12(8)14(21)20(3)16(19-13)25-10-4-6-11(7-5-10)26(22,23)15(17)18/h4-7,15H,1-3H3. The lowest BCUT2D eigenvalue weighted by Gasteiger charge is -2.08. The zero-order valence-corrected chi connectivity index (χ0v) is 16.4. The molecular weight excluding hydrogens is 402 g/mol. The fourth-order valence-corrected chi connectivity index (χ4v) is 4.99. The van der Waals surface area contributed by atoms with Gasteiger partial charge in [-0.05, 0) is 43.7 Å². The van der Waals surface area contributed by atoms with Crippen molar-refractivity contribution in [3.8, 4) is 0 Å². The Morgan fingerprint density at radius 2 is 1.81 bits per heavy atom. The van der Waals surface area contributed by atoms with E-state index in [0.29, 0.717) is 20.3 Å². The zero-order chi connectivity index (χ0) is 19.2. The lowest BCUT2D eigenvalue weighted by Crippen LogP contribution is -2.19. The maximum atomic E-state index is 12.6. The molecule has 0 fully saturated rings. The smallest absolute Gasteiger partial charge is 0.290 e. The Kier molecular flexibility index (Phi) is 4.93. The van der Waals surface area contributed by atoms with Crippen molar-refractivity contribution in [1.29, 1.82) is 0 Å². The zero-order valence-electron chi connectivity index (χ0n) is 14.0. The van der Waals surface area contributed by atoms with Crippen LogP contribution in [0.25, 0.3) is 10.2 Å². The van der Waals surface area contributed by atoms with E-state index >= 15 is 0 Å². The van der Waals surface area contributed by atoms with E-state index in [2.05, 4.69) is 4.98 Å². The van der Waals surface area contributed by atoms with Crippen molar-refractivity contribution in [1.82, 2.24) is 9.55 Å². The summed E-state index contributed by atoms with van der Waals surface area (Å²) in [7, 11) is -3.01. The number of rotatable bonds is 4. The SMILES string of the molecule is Cc1sc2nc(Sc3ccc(S(=O)(=O)C(F)F)cc3)n(C)c(=O)c2c1C. The average molecular weight is 416 g/mol. The number of hydrogen-bond acceptors (Lipinski definition) is 6. The topological polar surface area (TPSA) is 69.0 Å². The Morgan fingerprint density at radius 1 is 1.19 bits per heavy atom. The minimum absolute atomic E-state index is 0.156. The number of benzene rings is 1. The van der Waals surface area contributed by atoms with E-state index < -0.39 is 20.5 Å². The third-order valence-electron chi connectivity index (χ3n) is 3.97. The summed E-state index contributed by atoms with van der Waals surface area (Å²) in [5.74, 6) is -3.46. The van der Waals surface area contributed by atoms with E-state index in [0.717, 1.165) is 34.3 Å². The fraction of sp³-hybridized carbons (Fsp3) is 0.250. The van der Waals surface area contributed by atoms with Crippen LogP contribution in [0.4, 0.5) is 8.78 Å². The van der Waals surface area contributed by atoms with Gasteiger partial charge in [0.2, 0.25) is 9.84 Å². The van der Waals surface area contributed by atoms with Gasteiger partial charge < -0.3 is 0 Å². The van der Waals surface area contributed by atoms with E-state index in [1.54, 1.807) is 7.05 Å². The second-order valence-corrected chi connectivity index (χ2v) is 9.76. The minimum atomic E-state index is -4.62. The average Bonchev–Trinajstić information content (AvgIpc) is 2.87. The van der Waals surface area contributed by atoms with Gasteiger partial charge in [0, 0.05) is 16.8 Å². The first-order valence-electron chi connectivity index (χ1n) is 7.39. The molecule has 0 aliphatic rings. The predicted octanol–water partition coefficient (Wildman–Crippen LogP) is 3.76. The van der Waals surface area contributed by atoms with E-state index in [9.17, 15) is 22.0 Å². The largest absolute Gasteiger partial charge is 0.341 e. The van der Waals surface area contributed by atoms with Crippen molar-refractivity contribution in [3.63, 3.8) is 0 Å². The first-order valence-corrected chi connectivity index (χ1v) is 10.6. The van der Waals surface area contributed by atoms with Crippen molar-refractivity contribution in [3.05, 3.63) is 45.1 Å². The Morgan fingerprint density at radius 3 is 2.38 bits per heavy atom. The molecule has 0 unspecified atom stereocenters. The number of alkyl halides is 2. The maximum absolute atomic E-state index is 12.6. The lowest BCUT2D eigenvalue weighted by atomic mass is 10.2. The van der Waals surface area contributed by atoms with Gasteiger partial charge in [-0.1, -0.05) is 11.8 Å². The number of sulfone groups is 1. The summed E-state index contributed by atoms with van der Waals surface area (Å²) in [6, 6.07) is 5.09. The molecule has 3 rings (SSSR count). The van der Waals surface area contributed by atoms with Crippen LogP contribution in [-0.2, 0) is 16.9 Å². The van der Waals surface area contributed by atoms with Gasteiger partial charge in [0.05, 0.1) is 10.3 Å². The maximum Gasteiger partial charge on any atom is 0.341 e. The monoisotopic (exact) mass is 416 g/mol. The van der Waals surface area contributed by atoms with Gasteiger partial charge in [-0.25, -0.2) is 13.4 Å². The quantitative estimate of drug-likeness (QED) is 0.606. The van der Waals surface area contributed by atoms with Crippen LogP contribution in [0, 0.1) is 13.8 Å². The van der Waals surface area contributed by atoms with E-state index in [1.807, 2.05) is 13.8 Å². The fourth-order valence-electron chi connectivity index (χ4n) is 2.35. The van der Waals surface area contributed by atoms with E-state index in [1.165, 1.54) is 28.0 Å². The molecule has 0 aliphatic carbocycles. The molecule has 0 spiro atoms. The number of fused-ring (bicyclic) bond motifs is 1. The van der Waals surface area contributed by atoms with Crippen LogP contribution < -0.4 is 5.56 Å². The van der Waals surface area contributed by atoms with Gasteiger partial charge >= 0.3 is 5.76 Å². The molecule has 10 heteroatoms. The first kappa shape index (κ1) is 19.0. The molecule has 5 nitrogen and oxygen atoms in total. The summed E-state index contributed by atoms with van der Waals surface area (Å²) in [6.07, 6.45) is 0. The minimum Gasteiger partial charge on any atom is -0.290 e. The molecule has 138 valence electrons. The van der Waals surface area contributed by atoms with E-state index in [-0.39, 0.29) is 5.56 Å². The molecule has 0 saturated carbocycles. The second-order valence-electron chi connectivity index (χ2n) is 5.60. The van der Waals surface area contributed by atoms with Crippen LogP contribution in [0.15, 0.2) is 44.0 Å². The van der Waals surface area contributed by atoms with Gasteiger partial charge in [-0.3, -0.25) is 9.36 Å². The van der Waals surface area contributed by atoms with Crippen molar-refractivity contribution < 1.29 is 17.2 Å². The van der Waals surface area contributed by atoms with Crippen LogP contribution in [-0.4, -0.2) is 23.7 Å². The summed E-state index contributed by atoms with van der Waals surface area (Å²) in [5, 5.41) is 1.03. The van der Waals surface area contributed by atoms with Crippen LogP contribution >= 0.6 is 23.1 Å². The van der Waals surface area contributed by atoms with Gasteiger partial charge in [0.15, 0.2) is 5.16 Å². The Labute approximate surface area is 156 Å². The molecular formula is C16H14F2N2O3S3. The molecule has 0 aliphatic heterocycles. The third kappa shape index (κ3) is 3.17. The number of aryl methyl sites for hydroxylation is 2. The highest BCUT2D eigenvalue weighted by atomic mass is 32.2. The summed E-state index contributed by atoms with van der Waals surface area (Å²) in [5.41, 5.74) is 0.757. The summed E-state index contributed by atoms with van der Waals surface area (Å²) in [4.78, 5) is 18.9. The highest BCUT2D eigenvalue weighted by Crippen LogP contribution is 2.31. The summed E-state index contributed by atoms with van der Waals surface area (Å²) >= 11 is 2.60. The molecule has 0 radical (unpaired) electrons. The van der Waals surface area contributed by atoms with Gasteiger partial charge in [0.25, 0.3) is 5.56 Å². The van der Waals surface area contributed by atoms with Crippen LogP contribution in [0.1, 0.15) is 10.4 Å². The van der Waals surface area contributed by atoms with Gasteiger partial charge in [0.1, 0.15) is 4.83 Å². The van der Waals surface area contributed by atoms with Crippen LogP contribution in [0.5, 0.6) is 0 Å². The normalized spacial score (nSPS) is 12.2. The number of halogens is 2. The van der Waals surface area contributed by atoms with Crippen molar-refractivity contribution >= 4 is 43.2 Å². The Balaban J connectivity index is 2.00. The third-order valence-corrected chi connectivity index (χ3v) is 7.52. The lowest BCUT2D eigenvalue weighted by molar-refractivity contribution is 0.234. The molecule has 2 aromatic heterocycles. The molecule has 0 atom stereocenters. The molecule has 0 amide bonds. The molecule has 3 aromatic rings. The Hall–Kier alpha value is -1.78. The first-order chi connectivity index (χ1) is 12.1. The van der Waals surface area contributed by atoms with Crippen LogP contribution in [0.2, 0.25) is 0 Å². The molecule has 0 saturated heterocycles. The van der Waals surface area contributed by atoms with Crippen molar-refractivity contribution in [2.45, 2.75) is 34.6 Å². The van der Waals surface area contributed by atoms with E-state index in [4.69, 9.17) is 0 Å². The summed E-state index contributed by atoms with van der Waals surface area (Å²) < 4.78 is 49.5.